The standard InChI is InChI=1S/C19H28N2O3.2C2HF3O2/c1-3-17(12-20-7-1)24-18-11-19(23-14-18)6-2-8-21(15-19)13-16-4-9-22-10-5-16;2*3-2(4,5)1(6)7/h1,3,7,12,16,18H,2,4-6,8-11,13-15H2;2*(H,6,7). The average Bonchev–Trinajstić information content (AvgIpc) is 3.21. The maximum Gasteiger partial charge on any atom is 0.490 e. The van der Waals surface area contributed by atoms with Crippen LogP contribution in [0.1, 0.15) is 32.1 Å². The SMILES string of the molecule is O=C(O)C(F)(F)F.O=C(O)C(F)(F)F.c1cncc(OC2COC3(CCCN(CC4CCOCC4)C3)C2)c1. The summed E-state index contributed by atoms with van der Waals surface area (Å²) in [5.74, 6) is -3.88. The third-order valence-corrected chi connectivity index (χ3v) is 6.07. The van der Waals surface area contributed by atoms with E-state index in [-0.39, 0.29) is 11.7 Å². The van der Waals surface area contributed by atoms with E-state index in [1.165, 1.54) is 32.4 Å². The predicted molar refractivity (Wildman–Crippen MR) is 119 cm³/mol. The van der Waals surface area contributed by atoms with Crippen LogP contribution in [0.4, 0.5) is 26.3 Å². The van der Waals surface area contributed by atoms with E-state index in [0.29, 0.717) is 6.61 Å². The molecule has 9 nitrogen and oxygen atoms in total. The molecule has 38 heavy (non-hydrogen) atoms. The Labute approximate surface area is 214 Å². The van der Waals surface area contributed by atoms with Crippen molar-refractivity contribution in [2.75, 3.05) is 39.5 Å². The summed E-state index contributed by atoms with van der Waals surface area (Å²) in [6, 6.07) is 3.88. The van der Waals surface area contributed by atoms with Gasteiger partial charge in [-0.15, -0.1) is 0 Å². The van der Waals surface area contributed by atoms with Crippen molar-refractivity contribution in [2.24, 2.45) is 5.92 Å². The zero-order valence-electron chi connectivity index (χ0n) is 20.3. The van der Waals surface area contributed by atoms with Crippen LogP contribution in [0.15, 0.2) is 24.5 Å². The average molecular weight is 560 g/mol. The molecule has 1 aromatic heterocycles. The summed E-state index contributed by atoms with van der Waals surface area (Å²) in [7, 11) is 0. The first kappa shape index (κ1) is 31.6. The van der Waals surface area contributed by atoms with Crippen molar-refractivity contribution in [1.29, 1.82) is 0 Å². The fourth-order valence-corrected chi connectivity index (χ4v) is 4.41. The van der Waals surface area contributed by atoms with Gasteiger partial charge in [0.05, 0.1) is 18.4 Å². The molecule has 0 bridgehead atoms. The van der Waals surface area contributed by atoms with Gasteiger partial charge < -0.3 is 29.3 Å². The van der Waals surface area contributed by atoms with E-state index in [1.807, 2.05) is 12.1 Å². The Bertz CT molecular complexity index is 857. The van der Waals surface area contributed by atoms with Crippen molar-refractivity contribution < 1.29 is 60.4 Å². The smallest absolute Gasteiger partial charge is 0.486 e. The van der Waals surface area contributed by atoms with Gasteiger partial charge in [0.15, 0.2) is 0 Å². The van der Waals surface area contributed by atoms with Crippen molar-refractivity contribution in [3.05, 3.63) is 24.5 Å². The van der Waals surface area contributed by atoms with Crippen LogP contribution in [0, 0.1) is 5.92 Å². The normalized spacial score (nSPS) is 24.5. The van der Waals surface area contributed by atoms with E-state index in [2.05, 4.69) is 9.88 Å². The van der Waals surface area contributed by atoms with Gasteiger partial charge >= 0.3 is 24.3 Å². The number of alkyl halides is 6. The summed E-state index contributed by atoms with van der Waals surface area (Å²) in [6.45, 7) is 6.01. The molecule has 2 N–H and O–H groups in total. The summed E-state index contributed by atoms with van der Waals surface area (Å²) in [6.07, 6.45) is -0.678. The van der Waals surface area contributed by atoms with E-state index in [1.54, 1.807) is 12.4 Å². The maximum atomic E-state index is 10.6. The van der Waals surface area contributed by atoms with Crippen LogP contribution in [0.2, 0.25) is 0 Å². The minimum atomic E-state index is -5.08. The molecule has 0 saturated carbocycles. The summed E-state index contributed by atoms with van der Waals surface area (Å²) >= 11 is 0. The molecule has 2 unspecified atom stereocenters. The van der Waals surface area contributed by atoms with Crippen LogP contribution in [0.5, 0.6) is 5.75 Å². The molecule has 4 heterocycles. The molecule has 3 aliphatic heterocycles. The minimum Gasteiger partial charge on any atom is -0.486 e. The van der Waals surface area contributed by atoms with Crippen LogP contribution in [0.25, 0.3) is 0 Å². The number of likely N-dealkylation sites (tertiary alicyclic amines) is 1. The highest BCUT2D eigenvalue weighted by Gasteiger charge is 2.44. The first-order valence-corrected chi connectivity index (χ1v) is 11.8. The number of carbonyl (C=O) groups is 2. The Morgan fingerprint density at radius 2 is 1.71 bits per heavy atom. The zero-order chi connectivity index (χ0) is 28.4. The highest BCUT2D eigenvalue weighted by atomic mass is 19.4. The second-order valence-corrected chi connectivity index (χ2v) is 9.13. The number of carboxylic acid groups (broad SMARTS) is 2. The van der Waals surface area contributed by atoms with Crippen molar-refractivity contribution in [3.63, 3.8) is 0 Å². The summed E-state index contributed by atoms with van der Waals surface area (Å²) in [5, 5.41) is 14.2. The Morgan fingerprint density at radius 1 is 1.11 bits per heavy atom. The Kier molecular flexibility index (Phi) is 11.6. The third-order valence-electron chi connectivity index (χ3n) is 6.07. The van der Waals surface area contributed by atoms with Gasteiger partial charge in [-0.3, -0.25) is 4.98 Å². The number of rotatable bonds is 4. The summed E-state index contributed by atoms with van der Waals surface area (Å²) in [5.41, 5.74) is -0.00368. The molecule has 3 aliphatic rings. The number of hydrogen-bond acceptors (Lipinski definition) is 7. The van der Waals surface area contributed by atoms with Gasteiger partial charge in [-0.05, 0) is 50.3 Å². The second-order valence-electron chi connectivity index (χ2n) is 9.13. The monoisotopic (exact) mass is 560 g/mol. The predicted octanol–water partition coefficient (Wildman–Crippen LogP) is 3.78. The Hall–Kier alpha value is -2.65. The Morgan fingerprint density at radius 3 is 2.24 bits per heavy atom. The fourth-order valence-electron chi connectivity index (χ4n) is 4.41. The summed E-state index contributed by atoms with van der Waals surface area (Å²) in [4.78, 5) is 24.5. The van der Waals surface area contributed by atoms with Gasteiger partial charge in [-0.25, -0.2) is 9.59 Å². The van der Waals surface area contributed by atoms with Crippen LogP contribution >= 0.6 is 0 Å². The number of carboxylic acids is 2. The molecule has 0 amide bonds. The van der Waals surface area contributed by atoms with Crippen LogP contribution < -0.4 is 4.74 Å². The lowest BCUT2D eigenvalue weighted by molar-refractivity contribution is -0.193. The van der Waals surface area contributed by atoms with Crippen molar-refractivity contribution in [2.45, 2.75) is 56.2 Å². The molecule has 0 radical (unpaired) electrons. The highest BCUT2D eigenvalue weighted by molar-refractivity contribution is 5.73. The lowest BCUT2D eigenvalue weighted by Crippen LogP contribution is -2.49. The molecule has 0 aliphatic carbocycles. The van der Waals surface area contributed by atoms with Crippen molar-refractivity contribution in [1.82, 2.24) is 9.88 Å². The van der Waals surface area contributed by atoms with Gasteiger partial charge in [-0.2, -0.15) is 26.3 Å². The van der Waals surface area contributed by atoms with Crippen LogP contribution in [-0.4, -0.2) is 95.5 Å². The molecule has 1 aromatic rings. The third kappa shape index (κ3) is 11.0. The molecule has 1 spiro atoms. The van der Waals surface area contributed by atoms with Gasteiger partial charge in [0.1, 0.15) is 11.9 Å². The fraction of sp³-hybridized carbons (Fsp3) is 0.696. The topological polar surface area (TPSA) is 118 Å². The number of piperidine rings is 1. The first-order valence-electron chi connectivity index (χ1n) is 11.8. The molecule has 216 valence electrons. The Balaban J connectivity index is 0.000000301. The minimum absolute atomic E-state index is 0.00368. The molecule has 3 saturated heterocycles. The van der Waals surface area contributed by atoms with Crippen LogP contribution in [-0.2, 0) is 19.1 Å². The molecular weight excluding hydrogens is 530 g/mol. The van der Waals surface area contributed by atoms with E-state index in [0.717, 1.165) is 44.3 Å². The van der Waals surface area contributed by atoms with Gasteiger partial charge in [0, 0.05) is 38.9 Å². The maximum absolute atomic E-state index is 10.6. The molecular formula is C23H30F6N2O7. The first-order chi connectivity index (χ1) is 17.7. The lowest BCUT2D eigenvalue weighted by atomic mass is 9.88. The van der Waals surface area contributed by atoms with Gasteiger partial charge in [-0.1, -0.05) is 0 Å². The number of nitrogens with zero attached hydrogens (tertiary/aromatic N) is 2. The van der Waals surface area contributed by atoms with E-state index < -0.39 is 24.3 Å². The highest BCUT2D eigenvalue weighted by Crippen LogP contribution is 2.36. The number of aromatic nitrogens is 1. The molecule has 3 fully saturated rings. The number of halogens is 6. The number of aliphatic carboxylic acids is 2. The van der Waals surface area contributed by atoms with Gasteiger partial charge in [0.25, 0.3) is 0 Å². The molecule has 2 atom stereocenters. The molecule has 4 rings (SSSR count). The van der Waals surface area contributed by atoms with E-state index in [9.17, 15) is 26.3 Å². The summed E-state index contributed by atoms with van der Waals surface area (Å²) < 4.78 is 81.3. The lowest BCUT2D eigenvalue weighted by Gasteiger charge is -2.41. The second kappa shape index (κ2) is 13.9. The van der Waals surface area contributed by atoms with E-state index in [4.69, 9.17) is 34.0 Å². The van der Waals surface area contributed by atoms with E-state index >= 15 is 0 Å². The van der Waals surface area contributed by atoms with Crippen molar-refractivity contribution >= 4 is 11.9 Å². The zero-order valence-corrected chi connectivity index (χ0v) is 20.3. The van der Waals surface area contributed by atoms with Crippen molar-refractivity contribution in [3.8, 4) is 5.75 Å². The number of ether oxygens (including phenoxy) is 3. The number of pyridine rings is 1. The largest absolute Gasteiger partial charge is 0.490 e. The van der Waals surface area contributed by atoms with Crippen LogP contribution in [0.3, 0.4) is 0 Å². The number of hydrogen-bond donors (Lipinski definition) is 2. The quantitative estimate of drug-likeness (QED) is 0.531. The molecule has 15 heteroatoms. The van der Waals surface area contributed by atoms with Gasteiger partial charge in [0.2, 0.25) is 0 Å². The molecule has 0 aromatic carbocycles.